The van der Waals surface area contributed by atoms with E-state index >= 15 is 8.78 Å². The number of rotatable bonds is 10. The minimum Gasteiger partial charge on any atom is -0.451 e. The van der Waals surface area contributed by atoms with E-state index in [0.29, 0.717) is 30.8 Å². The monoisotopic (exact) mass is 599 g/mol. The van der Waals surface area contributed by atoms with E-state index in [2.05, 4.69) is 16.3 Å². The van der Waals surface area contributed by atoms with Crippen LogP contribution in [0, 0.1) is 28.9 Å². The van der Waals surface area contributed by atoms with E-state index in [0.717, 1.165) is 17.7 Å². The Kier molecular flexibility index (Phi) is 7.74. The molecular formula is C33H25F4N5O2. The van der Waals surface area contributed by atoms with E-state index < -0.39 is 29.4 Å². The molecule has 2 aromatic heterocycles. The fourth-order valence-electron chi connectivity index (χ4n) is 5.05. The zero-order valence-electron chi connectivity index (χ0n) is 23.3. The van der Waals surface area contributed by atoms with Crippen LogP contribution in [0.25, 0.3) is 11.3 Å². The van der Waals surface area contributed by atoms with Crippen molar-refractivity contribution >= 4 is 5.91 Å². The number of nitriles is 1. The number of halogens is 4. The maximum absolute atomic E-state index is 15.1. The molecule has 1 amide bonds. The zero-order valence-corrected chi connectivity index (χ0v) is 23.3. The van der Waals surface area contributed by atoms with Gasteiger partial charge in [0.05, 0.1) is 24.7 Å². The average Bonchev–Trinajstić information content (AvgIpc) is 3.64. The number of amides is 1. The van der Waals surface area contributed by atoms with Gasteiger partial charge in [-0.15, -0.1) is 10.2 Å². The van der Waals surface area contributed by atoms with Gasteiger partial charge in [-0.3, -0.25) is 4.79 Å². The molecule has 0 spiro atoms. The highest BCUT2D eigenvalue weighted by Crippen LogP contribution is 2.51. The molecule has 0 N–H and O–H groups in total. The Hall–Kier alpha value is -5.24. The summed E-state index contributed by atoms with van der Waals surface area (Å²) in [5.41, 5.74) is 1.43. The van der Waals surface area contributed by atoms with Crippen LogP contribution in [0.15, 0.2) is 89.6 Å². The average molecular weight is 600 g/mol. The second-order valence-corrected chi connectivity index (χ2v) is 10.7. The van der Waals surface area contributed by atoms with E-state index in [9.17, 15) is 13.6 Å². The van der Waals surface area contributed by atoms with Crippen LogP contribution in [0.1, 0.15) is 51.5 Å². The molecule has 0 bridgehead atoms. The van der Waals surface area contributed by atoms with Gasteiger partial charge in [0.25, 0.3) is 11.8 Å². The second-order valence-electron chi connectivity index (χ2n) is 10.7. The van der Waals surface area contributed by atoms with Crippen molar-refractivity contribution < 1.29 is 26.8 Å². The van der Waals surface area contributed by atoms with E-state index in [1.807, 2.05) is 0 Å². The highest BCUT2D eigenvalue weighted by atomic mass is 19.3. The fraction of sp³-hybridized carbons (Fsp3) is 0.212. The summed E-state index contributed by atoms with van der Waals surface area (Å²) >= 11 is 0. The summed E-state index contributed by atoms with van der Waals surface area (Å²) in [6, 6.07) is 21.0. The van der Waals surface area contributed by atoms with Gasteiger partial charge in [-0.1, -0.05) is 42.5 Å². The number of alkyl halides is 2. The zero-order chi connectivity index (χ0) is 30.8. The molecule has 1 aliphatic rings. The summed E-state index contributed by atoms with van der Waals surface area (Å²) in [5, 5.41) is 17.2. The number of carbonyl (C=O) groups excluding carboxylic acids is 1. The molecule has 0 unspecified atom stereocenters. The molecule has 0 radical (unpaired) electrons. The molecule has 0 atom stereocenters. The minimum atomic E-state index is -3.04. The molecule has 1 fully saturated rings. The van der Waals surface area contributed by atoms with Crippen LogP contribution in [0.4, 0.5) is 17.6 Å². The van der Waals surface area contributed by atoms with Crippen molar-refractivity contribution in [3.8, 4) is 17.4 Å². The first-order chi connectivity index (χ1) is 21.2. The van der Waals surface area contributed by atoms with Crippen LogP contribution in [-0.4, -0.2) is 25.6 Å². The summed E-state index contributed by atoms with van der Waals surface area (Å²) in [6.45, 7) is -0.0583. The maximum atomic E-state index is 15.1. The Bertz CT molecular complexity index is 1850. The van der Waals surface area contributed by atoms with Crippen LogP contribution in [-0.2, 0) is 25.6 Å². The van der Waals surface area contributed by atoms with Crippen molar-refractivity contribution in [2.75, 3.05) is 0 Å². The van der Waals surface area contributed by atoms with Crippen molar-refractivity contribution in [1.29, 1.82) is 5.26 Å². The largest absolute Gasteiger partial charge is 0.451 e. The molecule has 44 heavy (non-hydrogen) atoms. The summed E-state index contributed by atoms with van der Waals surface area (Å²) in [4.78, 5) is 15.1. The quantitative estimate of drug-likeness (QED) is 0.160. The Morgan fingerprint density at radius 1 is 1.02 bits per heavy atom. The Morgan fingerprint density at radius 2 is 1.80 bits per heavy atom. The maximum Gasteiger partial charge on any atom is 0.290 e. The Labute approximate surface area is 250 Å². The molecule has 222 valence electrons. The van der Waals surface area contributed by atoms with Crippen molar-refractivity contribution in [3.63, 3.8) is 0 Å². The molecule has 11 heteroatoms. The first-order valence-electron chi connectivity index (χ1n) is 13.9. The van der Waals surface area contributed by atoms with Crippen LogP contribution >= 0.6 is 0 Å². The van der Waals surface area contributed by atoms with Gasteiger partial charge >= 0.3 is 0 Å². The molecule has 1 saturated carbocycles. The Balaban J connectivity index is 1.30. The number of carbonyl (C=O) groups is 1. The second kappa shape index (κ2) is 11.8. The van der Waals surface area contributed by atoms with Crippen molar-refractivity contribution in [3.05, 3.63) is 131 Å². The molecule has 6 rings (SSSR count). The lowest BCUT2D eigenvalue weighted by Crippen LogP contribution is -2.31. The lowest BCUT2D eigenvalue weighted by Gasteiger charge is -2.22. The third-order valence-electron chi connectivity index (χ3n) is 7.59. The molecule has 1 aliphatic carbocycles. The molecular weight excluding hydrogens is 574 g/mol. The number of hydrogen-bond donors (Lipinski definition) is 0. The highest BCUT2D eigenvalue weighted by Gasteiger charge is 2.49. The lowest BCUT2D eigenvalue weighted by molar-refractivity contribution is -0.0280. The molecule has 7 nitrogen and oxygen atoms in total. The third kappa shape index (κ3) is 5.97. The van der Waals surface area contributed by atoms with Crippen LogP contribution in [0.2, 0.25) is 0 Å². The lowest BCUT2D eigenvalue weighted by atomic mass is 9.97. The number of aromatic nitrogens is 3. The van der Waals surface area contributed by atoms with Gasteiger partial charge in [0.1, 0.15) is 23.7 Å². The van der Waals surface area contributed by atoms with Gasteiger partial charge in [0.15, 0.2) is 11.6 Å². The molecule has 3 aromatic carbocycles. The van der Waals surface area contributed by atoms with Gasteiger partial charge in [-0.2, -0.15) is 5.26 Å². The van der Waals surface area contributed by atoms with E-state index in [1.165, 1.54) is 47.6 Å². The summed E-state index contributed by atoms with van der Waals surface area (Å²) in [7, 11) is 0. The molecule has 2 heterocycles. The van der Waals surface area contributed by atoms with Gasteiger partial charge in [-0.05, 0) is 48.7 Å². The standard InChI is InChI=1S/C33H25F4N5O2/c34-25-12-9-23(28(35)15-25)18-41(19-31-40-39-20-42(31)17-22-7-5-21(16-38)6-8-22)32(43)30-14-13-29(44-30)26-3-1-2-4-27(26)33(36,37)24-10-11-24/h1-9,12-15,20,24H,10-11,17-19H2. The highest BCUT2D eigenvalue weighted by molar-refractivity contribution is 5.92. The third-order valence-corrected chi connectivity index (χ3v) is 7.59. The topological polar surface area (TPSA) is 88.0 Å². The van der Waals surface area contributed by atoms with Crippen LogP contribution in [0.3, 0.4) is 0 Å². The number of furan rings is 1. The number of benzene rings is 3. The SMILES string of the molecule is N#Cc1ccc(Cn2cnnc2CN(Cc2ccc(F)cc2F)C(=O)c2ccc(-c3ccccc3C(F)(F)C3CC3)o2)cc1. The predicted molar refractivity (Wildman–Crippen MR) is 151 cm³/mol. The predicted octanol–water partition coefficient (Wildman–Crippen LogP) is 7.08. The normalized spacial score (nSPS) is 13.1. The van der Waals surface area contributed by atoms with Crippen molar-refractivity contribution in [2.24, 2.45) is 5.92 Å². The van der Waals surface area contributed by atoms with E-state index in [1.54, 1.807) is 34.9 Å². The fourth-order valence-corrected chi connectivity index (χ4v) is 5.05. The first kappa shape index (κ1) is 28.9. The number of hydrogen-bond acceptors (Lipinski definition) is 5. The van der Waals surface area contributed by atoms with Crippen molar-refractivity contribution in [2.45, 2.75) is 38.4 Å². The van der Waals surface area contributed by atoms with Crippen LogP contribution < -0.4 is 0 Å². The summed E-state index contributed by atoms with van der Waals surface area (Å²) in [6.07, 6.45) is 2.36. The van der Waals surface area contributed by atoms with Gasteiger partial charge in [-0.25, -0.2) is 17.6 Å². The first-order valence-corrected chi connectivity index (χ1v) is 13.9. The van der Waals surface area contributed by atoms with Crippen molar-refractivity contribution in [1.82, 2.24) is 19.7 Å². The number of nitrogens with zero attached hydrogens (tertiary/aromatic N) is 5. The van der Waals surface area contributed by atoms with Gasteiger partial charge < -0.3 is 13.9 Å². The summed E-state index contributed by atoms with van der Waals surface area (Å²) in [5.74, 6) is -5.71. The summed E-state index contributed by atoms with van der Waals surface area (Å²) < 4.78 is 66.1. The molecule has 0 saturated heterocycles. The minimum absolute atomic E-state index is 0.0547. The van der Waals surface area contributed by atoms with Gasteiger partial charge in [0, 0.05) is 35.2 Å². The molecule has 0 aliphatic heterocycles. The van der Waals surface area contributed by atoms with Gasteiger partial charge in [0.2, 0.25) is 0 Å². The smallest absolute Gasteiger partial charge is 0.290 e. The van der Waals surface area contributed by atoms with E-state index in [-0.39, 0.29) is 41.3 Å². The van der Waals surface area contributed by atoms with Crippen LogP contribution in [0.5, 0.6) is 0 Å². The van der Waals surface area contributed by atoms with E-state index in [4.69, 9.17) is 9.68 Å². The Morgan fingerprint density at radius 3 is 2.52 bits per heavy atom. The molecule has 5 aromatic rings.